The van der Waals surface area contributed by atoms with Crippen LogP contribution >= 0.6 is 11.3 Å². The van der Waals surface area contributed by atoms with Crippen LogP contribution in [0.15, 0.2) is 17.6 Å². The first-order valence-electron chi connectivity index (χ1n) is 5.42. The summed E-state index contributed by atoms with van der Waals surface area (Å²) in [6.07, 6.45) is 0.827. The second-order valence-corrected chi connectivity index (χ2v) is 4.92. The average molecular weight is 249 g/mol. The molecule has 0 saturated heterocycles. The van der Waals surface area contributed by atoms with Gasteiger partial charge in [-0.25, -0.2) is 4.68 Å². The van der Waals surface area contributed by atoms with Gasteiger partial charge >= 0.3 is 0 Å². The van der Waals surface area contributed by atoms with E-state index in [0.717, 1.165) is 17.5 Å². The van der Waals surface area contributed by atoms with Crippen molar-refractivity contribution in [2.24, 2.45) is 0 Å². The molecule has 1 aromatic heterocycles. The number of aryl methyl sites for hydroxylation is 4. The Bertz CT molecular complexity index is 586. The number of rotatable bonds is 3. The van der Waals surface area contributed by atoms with Crippen LogP contribution in [0.5, 0.6) is 5.75 Å². The van der Waals surface area contributed by atoms with Crippen LogP contribution in [-0.2, 0) is 13.0 Å². The van der Waals surface area contributed by atoms with Gasteiger partial charge in [0.1, 0.15) is 11.3 Å². The standard InChI is InChI=1S/C12H15N3OS/c1-8-6-11(16)9(2)5-10(8)3-4-15-12(13)17-7-14-15/h5-7,13,16H,3-4H2,1-2H3. The summed E-state index contributed by atoms with van der Waals surface area (Å²) in [6.45, 7) is 4.58. The molecule has 0 fully saturated rings. The van der Waals surface area contributed by atoms with Crippen LogP contribution < -0.4 is 4.80 Å². The van der Waals surface area contributed by atoms with Crippen molar-refractivity contribution in [3.63, 3.8) is 0 Å². The summed E-state index contributed by atoms with van der Waals surface area (Å²) in [5, 5.41) is 21.3. The zero-order chi connectivity index (χ0) is 12.4. The summed E-state index contributed by atoms with van der Waals surface area (Å²) in [6, 6.07) is 3.79. The first-order valence-corrected chi connectivity index (χ1v) is 6.30. The van der Waals surface area contributed by atoms with E-state index in [-0.39, 0.29) is 0 Å². The Morgan fingerprint density at radius 3 is 2.76 bits per heavy atom. The lowest BCUT2D eigenvalue weighted by molar-refractivity contribution is 0.470. The van der Waals surface area contributed by atoms with Gasteiger partial charge in [-0.05, 0) is 43.0 Å². The summed E-state index contributed by atoms with van der Waals surface area (Å²) in [5.74, 6) is 0.341. The summed E-state index contributed by atoms with van der Waals surface area (Å²) in [5.41, 5.74) is 4.84. The highest BCUT2D eigenvalue weighted by molar-refractivity contribution is 7.06. The molecule has 90 valence electrons. The van der Waals surface area contributed by atoms with Crippen molar-refractivity contribution in [2.45, 2.75) is 26.8 Å². The first kappa shape index (κ1) is 11.9. The molecule has 0 atom stereocenters. The second-order valence-electron chi connectivity index (χ2n) is 4.08. The van der Waals surface area contributed by atoms with Crippen molar-refractivity contribution in [3.8, 4) is 5.75 Å². The lowest BCUT2D eigenvalue weighted by atomic mass is 10.0. The van der Waals surface area contributed by atoms with E-state index < -0.39 is 0 Å². The monoisotopic (exact) mass is 249 g/mol. The van der Waals surface area contributed by atoms with Gasteiger partial charge in [-0.1, -0.05) is 17.4 Å². The van der Waals surface area contributed by atoms with Crippen LogP contribution in [0.25, 0.3) is 0 Å². The minimum atomic E-state index is 0.341. The van der Waals surface area contributed by atoms with Gasteiger partial charge in [0.05, 0.1) is 0 Å². The van der Waals surface area contributed by atoms with Crippen LogP contribution in [0.4, 0.5) is 0 Å². The number of phenols is 1. The van der Waals surface area contributed by atoms with E-state index in [1.807, 2.05) is 19.9 Å². The smallest absolute Gasteiger partial charge is 0.199 e. The quantitative estimate of drug-likeness (QED) is 0.873. The van der Waals surface area contributed by atoms with Crippen LogP contribution in [0, 0.1) is 19.3 Å². The van der Waals surface area contributed by atoms with Gasteiger partial charge < -0.3 is 5.11 Å². The highest BCUT2D eigenvalue weighted by Crippen LogP contribution is 2.21. The summed E-state index contributed by atoms with van der Waals surface area (Å²) >= 11 is 1.33. The van der Waals surface area contributed by atoms with Gasteiger partial charge in [0.25, 0.3) is 0 Å². The lowest BCUT2D eigenvalue weighted by Crippen LogP contribution is -2.16. The topological polar surface area (TPSA) is 61.9 Å². The Kier molecular flexibility index (Phi) is 3.28. The molecule has 0 aliphatic heterocycles. The molecular weight excluding hydrogens is 234 g/mol. The van der Waals surface area contributed by atoms with Gasteiger partial charge in [0, 0.05) is 6.54 Å². The average Bonchev–Trinajstić information content (AvgIpc) is 2.68. The lowest BCUT2D eigenvalue weighted by Gasteiger charge is -2.08. The number of benzene rings is 1. The normalized spacial score (nSPS) is 10.7. The summed E-state index contributed by atoms with van der Waals surface area (Å²) in [7, 11) is 0. The van der Waals surface area contributed by atoms with Crippen LogP contribution in [0.3, 0.4) is 0 Å². The van der Waals surface area contributed by atoms with E-state index in [1.165, 1.54) is 16.9 Å². The largest absolute Gasteiger partial charge is 0.508 e. The fraction of sp³-hybridized carbons (Fsp3) is 0.333. The molecule has 0 spiro atoms. The number of aromatic nitrogens is 2. The molecule has 5 heteroatoms. The maximum absolute atomic E-state index is 9.57. The van der Waals surface area contributed by atoms with E-state index in [4.69, 9.17) is 5.41 Å². The van der Waals surface area contributed by atoms with E-state index in [0.29, 0.717) is 17.1 Å². The number of aromatic hydroxyl groups is 1. The van der Waals surface area contributed by atoms with Gasteiger partial charge in [-0.15, -0.1) is 0 Å². The highest BCUT2D eigenvalue weighted by Gasteiger charge is 2.04. The molecular formula is C12H15N3OS. The molecule has 1 heterocycles. The molecule has 2 N–H and O–H groups in total. The van der Waals surface area contributed by atoms with Crippen molar-refractivity contribution >= 4 is 11.3 Å². The van der Waals surface area contributed by atoms with Gasteiger partial charge in [0.2, 0.25) is 0 Å². The third-order valence-electron chi connectivity index (χ3n) is 2.83. The van der Waals surface area contributed by atoms with Crippen molar-refractivity contribution in [1.82, 2.24) is 9.78 Å². The zero-order valence-electron chi connectivity index (χ0n) is 9.90. The Labute approximate surface area is 104 Å². The molecule has 0 radical (unpaired) electrons. The minimum Gasteiger partial charge on any atom is -0.508 e. The number of phenolic OH excluding ortho intramolecular Hbond substituents is 1. The third kappa shape index (κ3) is 2.55. The SMILES string of the molecule is Cc1cc(CCn2ncsc2=N)c(C)cc1O. The van der Waals surface area contributed by atoms with Crippen LogP contribution in [0.1, 0.15) is 16.7 Å². The molecule has 0 unspecified atom stereocenters. The molecule has 0 aliphatic rings. The second kappa shape index (κ2) is 4.71. The van der Waals surface area contributed by atoms with Gasteiger partial charge in [0.15, 0.2) is 4.80 Å². The number of hydrogen-bond acceptors (Lipinski definition) is 4. The Balaban J connectivity index is 2.17. The predicted octanol–water partition coefficient (Wildman–Crippen LogP) is 1.99. The van der Waals surface area contributed by atoms with Gasteiger partial charge in [-0.2, -0.15) is 5.10 Å². The minimum absolute atomic E-state index is 0.341. The third-order valence-corrected chi connectivity index (χ3v) is 3.47. The van der Waals surface area contributed by atoms with Crippen LogP contribution in [0.2, 0.25) is 0 Å². The zero-order valence-corrected chi connectivity index (χ0v) is 10.7. The maximum atomic E-state index is 9.57. The summed E-state index contributed by atoms with van der Waals surface area (Å²) < 4.78 is 1.69. The Morgan fingerprint density at radius 1 is 1.35 bits per heavy atom. The molecule has 2 rings (SSSR count). The highest BCUT2D eigenvalue weighted by atomic mass is 32.1. The van der Waals surface area contributed by atoms with Crippen molar-refractivity contribution in [1.29, 1.82) is 5.41 Å². The Morgan fingerprint density at radius 2 is 2.12 bits per heavy atom. The van der Waals surface area contributed by atoms with E-state index in [9.17, 15) is 5.11 Å². The molecule has 1 aromatic carbocycles. The predicted molar refractivity (Wildman–Crippen MR) is 67.2 cm³/mol. The molecule has 17 heavy (non-hydrogen) atoms. The molecule has 4 nitrogen and oxygen atoms in total. The fourth-order valence-corrected chi connectivity index (χ4v) is 2.28. The molecule has 0 saturated carbocycles. The molecule has 0 amide bonds. The summed E-state index contributed by atoms with van der Waals surface area (Å²) in [4.78, 5) is 0.471. The maximum Gasteiger partial charge on any atom is 0.199 e. The molecule has 0 bridgehead atoms. The Hall–Kier alpha value is -1.62. The van der Waals surface area contributed by atoms with Crippen molar-refractivity contribution in [3.05, 3.63) is 39.1 Å². The number of nitrogens with one attached hydrogen (secondary N) is 1. The van der Waals surface area contributed by atoms with Gasteiger partial charge in [-0.3, -0.25) is 5.41 Å². The first-order chi connectivity index (χ1) is 8.08. The number of nitrogens with zero attached hydrogens (tertiary/aromatic N) is 2. The molecule has 2 aromatic rings. The van der Waals surface area contributed by atoms with Crippen molar-refractivity contribution in [2.75, 3.05) is 0 Å². The molecule has 0 aliphatic carbocycles. The van der Waals surface area contributed by atoms with E-state index >= 15 is 0 Å². The van der Waals surface area contributed by atoms with Crippen LogP contribution in [-0.4, -0.2) is 14.9 Å². The fourth-order valence-electron chi connectivity index (χ4n) is 1.76. The van der Waals surface area contributed by atoms with E-state index in [2.05, 4.69) is 5.10 Å². The van der Waals surface area contributed by atoms with E-state index in [1.54, 1.807) is 16.3 Å². The van der Waals surface area contributed by atoms with Crippen molar-refractivity contribution < 1.29 is 5.11 Å². The number of hydrogen-bond donors (Lipinski definition) is 2.